The molecule has 0 spiro atoms. The fraction of sp³-hybridized carbons (Fsp3) is 0.304. The third-order valence-corrected chi connectivity index (χ3v) is 5.80. The molecule has 160 valence electrons. The van der Waals surface area contributed by atoms with Crippen molar-refractivity contribution in [3.05, 3.63) is 69.4 Å². The Balaban J connectivity index is 1.88. The van der Waals surface area contributed by atoms with Crippen molar-refractivity contribution in [3.63, 3.8) is 0 Å². The Bertz CT molecular complexity index is 1110. The Morgan fingerprint density at radius 3 is 2.48 bits per heavy atom. The van der Waals surface area contributed by atoms with Gasteiger partial charge in [-0.05, 0) is 36.6 Å². The number of carbonyl (C=O) groups is 2. The van der Waals surface area contributed by atoms with E-state index in [1.165, 1.54) is 25.2 Å². The fourth-order valence-electron chi connectivity index (χ4n) is 4.43. The van der Waals surface area contributed by atoms with Crippen LogP contribution in [0.5, 0.6) is 11.5 Å². The Morgan fingerprint density at radius 1 is 1.03 bits per heavy atom. The summed E-state index contributed by atoms with van der Waals surface area (Å²) in [6.07, 6.45) is 1.52. The summed E-state index contributed by atoms with van der Waals surface area (Å²) < 4.78 is 10.7. The number of hydrogen-bond acceptors (Lipinski definition) is 6. The summed E-state index contributed by atoms with van der Waals surface area (Å²) in [4.78, 5) is 38.7. The third kappa shape index (κ3) is 3.54. The number of carbonyl (C=O) groups excluding carboxylic acids is 2. The number of methoxy groups -OCH3 is 2. The number of amides is 1. The summed E-state index contributed by atoms with van der Waals surface area (Å²) in [6.45, 7) is 0. The summed E-state index contributed by atoms with van der Waals surface area (Å²) in [5.74, 6) is 0.326. The molecule has 0 saturated heterocycles. The minimum absolute atomic E-state index is 0.0304. The number of benzene rings is 2. The third-order valence-electron chi connectivity index (χ3n) is 5.80. The average Bonchev–Trinajstić information content (AvgIpc) is 2.78. The summed E-state index contributed by atoms with van der Waals surface area (Å²) in [5.41, 5.74) is 1.92. The van der Waals surface area contributed by atoms with Gasteiger partial charge in [-0.2, -0.15) is 0 Å². The maximum absolute atomic E-state index is 13.3. The molecule has 1 amide bonds. The van der Waals surface area contributed by atoms with Gasteiger partial charge in [-0.15, -0.1) is 0 Å². The lowest BCUT2D eigenvalue weighted by Gasteiger charge is -2.38. The van der Waals surface area contributed by atoms with E-state index in [1.54, 1.807) is 30.3 Å². The number of Topliss-reactive ketones (excluding diaryl/α,β-unsaturated/α-hetero) is 1. The molecule has 31 heavy (non-hydrogen) atoms. The zero-order chi connectivity index (χ0) is 22.1. The van der Waals surface area contributed by atoms with Gasteiger partial charge >= 0.3 is 0 Å². The van der Waals surface area contributed by atoms with Crippen LogP contribution in [0.1, 0.15) is 37.2 Å². The molecule has 0 fully saturated rings. The second kappa shape index (κ2) is 8.22. The molecule has 1 atom stereocenters. The number of rotatable bonds is 5. The molecule has 1 unspecified atom stereocenters. The minimum Gasteiger partial charge on any atom is -0.493 e. The number of nitro benzene ring substituents is 1. The highest BCUT2D eigenvalue weighted by Gasteiger charge is 2.41. The van der Waals surface area contributed by atoms with Crippen molar-refractivity contribution in [2.24, 2.45) is 0 Å². The molecule has 2 aromatic carbocycles. The maximum atomic E-state index is 13.3. The highest BCUT2D eigenvalue weighted by Crippen LogP contribution is 2.46. The van der Waals surface area contributed by atoms with Crippen molar-refractivity contribution in [1.82, 2.24) is 0 Å². The maximum Gasteiger partial charge on any atom is 0.293 e. The van der Waals surface area contributed by atoms with Crippen LogP contribution in [0.4, 0.5) is 11.4 Å². The molecule has 2 aromatic rings. The first kappa shape index (κ1) is 20.6. The predicted molar refractivity (Wildman–Crippen MR) is 113 cm³/mol. The van der Waals surface area contributed by atoms with Gasteiger partial charge in [-0.3, -0.25) is 24.6 Å². The van der Waals surface area contributed by atoms with E-state index in [0.717, 1.165) is 5.56 Å². The first-order valence-electron chi connectivity index (χ1n) is 10.0. The SMILES string of the molecule is COc1ccc(C2CC(=O)N(c3ccccc3[N+](=O)[O-])C3=C2C(=O)CCC3)cc1OC. The smallest absolute Gasteiger partial charge is 0.293 e. The number of para-hydroxylation sites is 2. The van der Waals surface area contributed by atoms with Crippen LogP contribution in [0.25, 0.3) is 0 Å². The molecule has 0 bridgehead atoms. The largest absolute Gasteiger partial charge is 0.493 e. The van der Waals surface area contributed by atoms with E-state index in [1.807, 2.05) is 6.07 Å². The number of ketones is 1. The van der Waals surface area contributed by atoms with Gasteiger partial charge in [0, 0.05) is 36.1 Å². The first-order chi connectivity index (χ1) is 15.0. The molecule has 0 N–H and O–H groups in total. The van der Waals surface area contributed by atoms with Gasteiger partial charge in [-0.25, -0.2) is 0 Å². The van der Waals surface area contributed by atoms with Crippen molar-refractivity contribution in [1.29, 1.82) is 0 Å². The molecule has 1 aliphatic heterocycles. The zero-order valence-electron chi connectivity index (χ0n) is 17.3. The first-order valence-corrected chi connectivity index (χ1v) is 10.0. The van der Waals surface area contributed by atoms with E-state index in [0.29, 0.717) is 42.0 Å². The highest BCUT2D eigenvalue weighted by molar-refractivity contribution is 6.08. The van der Waals surface area contributed by atoms with Crippen molar-refractivity contribution >= 4 is 23.1 Å². The lowest BCUT2D eigenvalue weighted by molar-refractivity contribution is -0.384. The molecule has 4 rings (SSSR count). The standard InChI is InChI=1S/C23H22N2O6/c1-30-20-11-10-14(12-21(20)31-2)15-13-22(27)24(18-8-5-9-19(26)23(15)18)16-6-3-4-7-17(16)25(28)29/h3-4,6-7,10-12,15H,5,8-9,13H2,1-2H3. The molecule has 8 heteroatoms. The number of anilines is 1. The van der Waals surface area contributed by atoms with E-state index >= 15 is 0 Å². The number of hydrogen-bond donors (Lipinski definition) is 0. The second-order valence-electron chi connectivity index (χ2n) is 7.48. The summed E-state index contributed by atoms with van der Waals surface area (Å²) in [5, 5.41) is 11.6. The number of allylic oxidation sites excluding steroid dienone is 2. The minimum atomic E-state index is -0.506. The molecule has 2 aliphatic rings. The van der Waals surface area contributed by atoms with Gasteiger partial charge in [0.1, 0.15) is 5.69 Å². The summed E-state index contributed by atoms with van der Waals surface area (Å²) in [7, 11) is 3.07. The fourth-order valence-corrected chi connectivity index (χ4v) is 4.43. The van der Waals surface area contributed by atoms with E-state index in [-0.39, 0.29) is 29.5 Å². The van der Waals surface area contributed by atoms with Gasteiger partial charge in [0.05, 0.1) is 19.1 Å². The average molecular weight is 422 g/mol. The molecule has 1 aliphatic carbocycles. The molecular formula is C23H22N2O6. The normalized spacial score (nSPS) is 18.6. The molecule has 1 heterocycles. The second-order valence-corrected chi connectivity index (χ2v) is 7.48. The molecular weight excluding hydrogens is 400 g/mol. The van der Waals surface area contributed by atoms with E-state index < -0.39 is 10.8 Å². The number of nitro groups is 1. The van der Waals surface area contributed by atoms with Gasteiger partial charge in [0.25, 0.3) is 5.69 Å². The zero-order valence-corrected chi connectivity index (χ0v) is 17.3. The van der Waals surface area contributed by atoms with Crippen molar-refractivity contribution in [2.45, 2.75) is 31.6 Å². The summed E-state index contributed by atoms with van der Waals surface area (Å²) in [6, 6.07) is 11.5. The molecule has 0 saturated carbocycles. The molecule has 8 nitrogen and oxygen atoms in total. The van der Waals surface area contributed by atoms with Gasteiger partial charge in [-0.1, -0.05) is 18.2 Å². The van der Waals surface area contributed by atoms with Crippen LogP contribution in [0.3, 0.4) is 0 Å². The highest BCUT2D eigenvalue weighted by atomic mass is 16.6. The van der Waals surface area contributed by atoms with Gasteiger partial charge in [0.15, 0.2) is 17.3 Å². The van der Waals surface area contributed by atoms with Crippen LogP contribution in [0.15, 0.2) is 53.7 Å². The quantitative estimate of drug-likeness (QED) is 0.530. The summed E-state index contributed by atoms with van der Waals surface area (Å²) >= 11 is 0. The predicted octanol–water partition coefficient (Wildman–Crippen LogP) is 4.14. The molecule has 0 radical (unpaired) electrons. The van der Waals surface area contributed by atoms with Crippen molar-refractivity contribution in [3.8, 4) is 11.5 Å². The van der Waals surface area contributed by atoms with E-state index in [4.69, 9.17) is 9.47 Å². The van der Waals surface area contributed by atoms with Crippen LogP contribution in [-0.2, 0) is 9.59 Å². The van der Waals surface area contributed by atoms with Crippen molar-refractivity contribution in [2.75, 3.05) is 19.1 Å². The van der Waals surface area contributed by atoms with Crippen LogP contribution >= 0.6 is 0 Å². The Morgan fingerprint density at radius 2 is 1.77 bits per heavy atom. The van der Waals surface area contributed by atoms with E-state index in [2.05, 4.69) is 0 Å². The lowest BCUT2D eigenvalue weighted by atomic mass is 9.77. The number of nitrogens with zero attached hydrogens (tertiary/aromatic N) is 2. The van der Waals surface area contributed by atoms with Crippen molar-refractivity contribution < 1.29 is 24.0 Å². The Hall–Kier alpha value is -3.68. The molecule has 0 aromatic heterocycles. The Kier molecular flexibility index (Phi) is 5.46. The Labute approximate surface area is 179 Å². The topological polar surface area (TPSA) is 99.0 Å². The van der Waals surface area contributed by atoms with Crippen LogP contribution in [0, 0.1) is 10.1 Å². The number of ether oxygens (including phenoxy) is 2. The monoisotopic (exact) mass is 422 g/mol. The van der Waals surface area contributed by atoms with Crippen LogP contribution in [0.2, 0.25) is 0 Å². The van der Waals surface area contributed by atoms with Crippen LogP contribution in [-0.4, -0.2) is 30.8 Å². The van der Waals surface area contributed by atoms with Gasteiger partial charge in [0.2, 0.25) is 5.91 Å². The van der Waals surface area contributed by atoms with E-state index in [9.17, 15) is 19.7 Å². The van der Waals surface area contributed by atoms with Gasteiger partial charge < -0.3 is 9.47 Å². The lowest BCUT2D eigenvalue weighted by Crippen LogP contribution is -2.40. The van der Waals surface area contributed by atoms with Crippen LogP contribution < -0.4 is 14.4 Å².